The minimum absolute atomic E-state index is 0. The highest BCUT2D eigenvalue weighted by Crippen LogP contribution is 2.32. The highest BCUT2D eigenvalue weighted by molar-refractivity contribution is 5.96. The molecular formula is C17H20ClN3O2. The average molecular weight is 334 g/mol. The van der Waals surface area contributed by atoms with Gasteiger partial charge in [-0.3, -0.25) is 9.78 Å². The van der Waals surface area contributed by atoms with E-state index in [-0.39, 0.29) is 18.3 Å². The second kappa shape index (κ2) is 7.44. The Labute approximate surface area is 141 Å². The van der Waals surface area contributed by atoms with E-state index in [2.05, 4.69) is 11.1 Å². The summed E-state index contributed by atoms with van der Waals surface area (Å²) in [5.41, 5.74) is 9.70. The van der Waals surface area contributed by atoms with Crippen LogP contribution in [0.2, 0.25) is 0 Å². The van der Waals surface area contributed by atoms with Gasteiger partial charge in [-0.25, -0.2) is 0 Å². The lowest BCUT2D eigenvalue weighted by Gasteiger charge is -2.26. The van der Waals surface area contributed by atoms with Gasteiger partial charge in [0.05, 0.1) is 6.20 Å². The van der Waals surface area contributed by atoms with Crippen molar-refractivity contribution in [3.8, 4) is 16.9 Å². The van der Waals surface area contributed by atoms with Crippen molar-refractivity contribution in [2.45, 2.75) is 12.8 Å². The number of hydrogen-bond acceptors (Lipinski definition) is 4. The van der Waals surface area contributed by atoms with Gasteiger partial charge in [-0.1, -0.05) is 6.07 Å². The van der Waals surface area contributed by atoms with Gasteiger partial charge in [0.25, 0.3) is 0 Å². The summed E-state index contributed by atoms with van der Waals surface area (Å²) in [6, 6.07) is 8.09. The summed E-state index contributed by atoms with van der Waals surface area (Å²) in [6.45, 7) is 0.950. The Hall–Kier alpha value is -2.11. The molecule has 122 valence electrons. The third-order valence-electron chi connectivity index (χ3n) is 3.86. The number of carbonyl (C=O) groups excluding carboxylic acids is 1. The van der Waals surface area contributed by atoms with Gasteiger partial charge in [0.2, 0.25) is 5.91 Å². The molecule has 1 amide bonds. The number of benzene rings is 1. The molecule has 2 heterocycles. The number of fused-ring (bicyclic) bond motifs is 1. The Morgan fingerprint density at radius 1 is 1.22 bits per heavy atom. The van der Waals surface area contributed by atoms with Crippen LogP contribution in [0.15, 0.2) is 36.7 Å². The molecule has 0 aliphatic carbocycles. The number of pyridine rings is 1. The number of nitrogens with zero attached hydrogens (tertiary/aromatic N) is 2. The van der Waals surface area contributed by atoms with Crippen molar-refractivity contribution in [3.05, 3.63) is 42.2 Å². The smallest absolute Gasteiger partial charge is 0.227 e. The number of rotatable bonds is 4. The fraction of sp³-hybridized carbons (Fsp3) is 0.294. The zero-order valence-corrected chi connectivity index (χ0v) is 13.8. The molecule has 0 saturated heterocycles. The van der Waals surface area contributed by atoms with E-state index in [1.807, 2.05) is 31.4 Å². The molecule has 2 aromatic rings. The van der Waals surface area contributed by atoms with Gasteiger partial charge in [-0.15, -0.1) is 12.4 Å². The Morgan fingerprint density at radius 2 is 2.04 bits per heavy atom. The van der Waals surface area contributed by atoms with Crippen molar-refractivity contribution in [2.75, 3.05) is 25.1 Å². The molecule has 6 heteroatoms. The maximum Gasteiger partial charge on any atom is 0.227 e. The van der Waals surface area contributed by atoms with E-state index < -0.39 is 0 Å². The second-order valence-corrected chi connectivity index (χ2v) is 5.34. The first-order chi connectivity index (χ1) is 10.7. The summed E-state index contributed by atoms with van der Waals surface area (Å²) in [4.78, 5) is 17.7. The lowest BCUT2D eigenvalue weighted by Crippen LogP contribution is -2.30. The molecule has 0 bridgehead atoms. The first kappa shape index (κ1) is 17.2. The van der Waals surface area contributed by atoms with E-state index in [1.54, 1.807) is 11.1 Å². The van der Waals surface area contributed by atoms with Gasteiger partial charge in [0.15, 0.2) is 0 Å². The lowest BCUT2D eigenvalue weighted by molar-refractivity contribution is -0.118. The Kier molecular flexibility index (Phi) is 5.58. The summed E-state index contributed by atoms with van der Waals surface area (Å²) in [7, 11) is 1.82. The zero-order valence-electron chi connectivity index (χ0n) is 13.0. The first-order valence-corrected chi connectivity index (χ1v) is 7.37. The topological polar surface area (TPSA) is 68.5 Å². The maximum atomic E-state index is 11.7. The minimum Gasteiger partial charge on any atom is -0.491 e. The van der Waals surface area contributed by atoms with Crippen LogP contribution in [0.25, 0.3) is 11.1 Å². The lowest BCUT2D eigenvalue weighted by atomic mass is 9.97. The van der Waals surface area contributed by atoms with Gasteiger partial charge >= 0.3 is 0 Å². The first-order valence-electron chi connectivity index (χ1n) is 7.37. The predicted molar refractivity (Wildman–Crippen MR) is 93.2 cm³/mol. The van der Waals surface area contributed by atoms with E-state index in [0.717, 1.165) is 23.2 Å². The molecule has 1 aromatic carbocycles. The largest absolute Gasteiger partial charge is 0.491 e. The molecule has 23 heavy (non-hydrogen) atoms. The van der Waals surface area contributed by atoms with Crippen molar-refractivity contribution >= 4 is 24.0 Å². The third kappa shape index (κ3) is 3.63. The van der Waals surface area contributed by atoms with Gasteiger partial charge in [0.1, 0.15) is 12.4 Å². The van der Waals surface area contributed by atoms with Crippen molar-refractivity contribution in [1.29, 1.82) is 0 Å². The van der Waals surface area contributed by atoms with E-state index in [0.29, 0.717) is 25.3 Å². The molecule has 0 fully saturated rings. The molecule has 0 spiro atoms. The van der Waals surface area contributed by atoms with E-state index >= 15 is 0 Å². The highest BCUT2D eigenvalue weighted by Gasteiger charge is 2.20. The summed E-state index contributed by atoms with van der Waals surface area (Å²) < 4.78 is 5.52. The van der Waals surface area contributed by atoms with Crippen LogP contribution >= 0.6 is 12.4 Å². The molecule has 1 aliphatic rings. The number of halogens is 1. The third-order valence-corrected chi connectivity index (χ3v) is 3.86. The minimum atomic E-state index is 0. The number of amides is 1. The SMILES string of the molecule is CN1C(=O)CCc2cc(-c3cncc(OCCN)c3)ccc21.Cl. The number of nitrogens with two attached hydrogens (primary N) is 1. The molecule has 5 nitrogen and oxygen atoms in total. The summed E-state index contributed by atoms with van der Waals surface area (Å²) in [6.07, 6.45) is 4.84. The maximum absolute atomic E-state index is 11.7. The van der Waals surface area contributed by atoms with Crippen molar-refractivity contribution in [3.63, 3.8) is 0 Å². The molecule has 0 atom stereocenters. The molecule has 2 N–H and O–H groups in total. The zero-order chi connectivity index (χ0) is 15.5. The van der Waals surface area contributed by atoms with Crippen LogP contribution < -0.4 is 15.4 Å². The Bertz CT molecular complexity index is 706. The van der Waals surface area contributed by atoms with Crippen molar-refractivity contribution in [1.82, 2.24) is 4.98 Å². The summed E-state index contributed by atoms with van der Waals surface area (Å²) in [5, 5.41) is 0. The van der Waals surface area contributed by atoms with Crippen LogP contribution in [-0.4, -0.2) is 31.1 Å². The molecule has 0 saturated carbocycles. The fourth-order valence-electron chi connectivity index (χ4n) is 2.67. The monoisotopic (exact) mass is 333 g/mol. The molecular weight excluding hydrogens is 314 g/mol. The van der Waals surface area contributed by atoms with Crippen LogP contribution in [0.1, 0.15) is 12.0 Å². The number of aromatic nitrogens is 1. The molecule has 1 aliphatic heterocycles. The van der Waals surface area contributed by atoms with Crippen LogP contribution in [0.3, 0.4) is 0 Å². The summed E-state index contributed by atoms with van der Waals surface area (Å²) >= 11 is 0. The highest BCUT2D eigenvalue weighted by atomic mass is 35.5. The van der Waals surface area contributed by atoms with Gasteiger partial charge in [-0.2, -0.15) is 0 Å². The van der Waals surface area contributed by atoms with E-state index in [4.69, 9.17) is 10.5 Å². The molecule has 0 unspecified atom stereocenters. The van der Waals surface area contributed by atoms with Crippen LogP contribution in [-0.2, 0) is 11.2 Å². The van der Waals surface area contributed by atoms with E-state index in [9.17, 15) is 4.79 Å². The van der Waals surface area contributed by atoms with Crippen LogP contribution in [0, 0.1) is 0 Å². The normalized spacial score (nSPS) is 13.3. The number of ether oxygens (including phenoxy) is 1. The van der Waals surface area contributed by atoms with Gasteiger partial charge in [-0.05, 0) is 35.7 Å². The standard InChI is InChI=1S/C17H19N3O2.ClH/c1-20-16-4-2-12(8-13(16)3-5-17(20)21)14-9-15(11-19-10-14)22-7-6-18;/h2,4,8-11H,3,5-7,18H2,1H3;1H. The van der Waals surface area contributed by atoms with E-state index in [1.165, 1.54) is 5.56 Å². The fourth-order valence-corrected chi connectivity index (χ4v) is 2.67. The number of aryl methyl sites for hydroxylation is 1. The average Bonchev–Trinajstić information content (AvgIpc) is 2.56. The van der Waals surface area contributed by atoms with Crippen molar-refractivity contribution < 1.29 is 9.53 Å². The second-order valence-electron chi connectivity index (χ2n) is 5.34. The number of anilines is 1. The van der Waals surface area contributed by atoms with Crippen molar-refractivity contribution in [2.24, 2.45) is 5.73 Å². The van der Waals surface area contributed by atoms with Crippen LogP contribution in [0.4, 0.5) is 5.69 Å². The molecule has 1 aromatic heterocycles. The number of hydrogen-bond donors (Lipinski definition) is 1. The predicted octanol–water partition coefficient (Wildman–Crippen LogP) is 2.42. The Balaban J connectivity index is 0.00000192. The van der Waals surface area contributed by atoms with Crippen LogP contribution in [0.5, 0.6) is 5.75 Å². The van der Waals surface area contributed by atoms with Gasteiger partial charge < -0.3 is 15.4 Å². The molecule has 0 radical (unpaired) electrons. The summed E-state index contributed by atoms with van der Waals surface area (Å²) in [5.74, 6) is 0.882. The quantitative estimate of drug-likeness (QED) is 0.933. The Morgan fingerprint density at radius 3 is 2.83 bits per heavy atom. The van der Waals surface area contributed by atoms with Gasteiger partial charge in [0, 0.05) is 37.5 Å². The number of carbonyl (C=O) groups is 1. The molecule has 3 rings (SSSR count).